The summed E-state index contributed by atoms with van der Waals surface area (Å²) in [5, 5.41) is 0. The molecule has 2 nitrogen and oxygen atoms in total. The van der Waals surface area contributed by atoms with Gasteiger partial charge in [-0.05, 0) is 33.3 Å². The third-order valence-corrected chi connectivity index (χ3v) is 0.800. The van der Waals surface area contributed by atoms with Gasteiger partial charge in [0.1, 0.15) is 0 Å². The van der Waals surface area contributed by atoms with Gasteiger partial charge in [-0.25, -0.2) is 0 Å². The number of halogens is 1. The van der Waals surface area contributed by atoms with Gasteiger partial charge in [-0.1, -0.05) is 18.2 Å². The minimum absolute atomic E-state index is 0. The largest absolute Gasteiger partial charge is 0.399 e. The highest BCUT2D eigenvalue weighted by Crippen LogP contribution is 1.95. The maximum atomic E-state index is 5.36. The zero-order valence-corrected chi connectivity index (χ0v) is 10.1. The lowest BCUT2D eigenvalue weighted by Crippen LogP contribution is -1.99. The fourth-order valence-corrected chi connectivity index (χ4v) is 0.453. The van der Waals surface area contributed by atoms with Crippen LogP contribution in [0.3, 0.4) is 0 Å². The van der Waals surface area contributed by atoms with E-state index in [1.165, 1.54) is 0 Å². The highest BCUT2D eigenvalue weighted by molar-refractivity contribution is 14.0. The van der Waals surface area contributed by atoms with Gasteiger partial charge in [-0.3, -0.25) is 0 Å². The molecule has 0 aliphatic carbocycles. The normalized spacial score (nSPS) is 8.00. The van der Waals surface area contributed by atoms with Gasteiger partial charge in [-0.15, -0.1) is 24.0 Å². The Morgan fingerprint density at radius 1 is 1.00 bits per heavy atom. The Morgan fingerprint density at radius 3 is 1.50 bits per heavy atom. The summed E-state index contributed by atoms with van der Waals surface area (Å²) in [4.78, 5) is 2.00. The summed E-state index contributed by atoms with van der Waals surface area (Å²) in [6, 6.07) is 9.49. The molecule has 0 aromatic heterocycles. The maximum Gasteiger partial charge on any atom is 0.0313 e. The number of para-hydroxylation sites is 1. The lowest BCUT2D eigenvalue weighted by molar-refractivity contribution is 0.505. The third-order valence-electron chi connectivity index (χ3n) is 0.800. The molecule has 0 spiro atoms. The molecule has 0 aliphatic heterocycles. The molecule has 1 aromatic carbocycles. The number of anilines is 1. The first kappa shape index (κ1) is 14.2. The van der Waals surface area contributed by atoms with Gasteiger partial charge in [-0.2, -0.15) is 0 Å². The summed E-state index contributed by atoms with van der Waals surface area (Å²) in [7, 11) is 6.00. The van der Waals surface area contributed by atoms with Crippen molar-refractivity contribution in [2.24, 2.45) is 0 Å². The molecule has 1 aromatic rings. The van der Waals surface area contributed by atoms with Crippen LogP contribution < -0.4 is 5.73 Å². The Labute approximate surface area is 91.8 Å². The molecule has 0 heterocycles. The van der Waals surface area contributed by atoms with Gasteiger partial charge in [0.2, 0.25) is 0 Å². The summed E-state index contributed by atoms with van der Waals surface area (Å²) >= 11 is 0. The summed E-state index contributed by atoms with van der Waals surface area (Å²) in [5.74, 6) is 0. The predicted octanol–water partition coefficient (Wildman–Crippen LogP) is 2.06. The van der Waals surface area contributed by atoms with Crippen LogP contribution in [0.1, 0.15) is 0 Å². The number of benzene rings is 1. The Bertz CT molecular complexity index is 172. The van der Waals surface area contributed by atoms with Crippen LogP contribution in [0.25, 0.3) is 0 Å². The summed E-state index contributed by atoms with van der Waals surface area (Å²) < 4.78 is 0. The second kappa shape index (κ2) is 8.80. The first-order valence-corrected chi connectivity index (χ1v) is 3.54. The SMILES string of the molecule is CN(C)C.I.Nc1ccccc1. The van der Waals surface area contributed by atoms with Gasteiger partial charge in [0.15, 0.2) is 0 Å². The quantitative estimate of drug-likeness (QED) is 0.582. The fourth-order valence-electron chi connectivity index (χ4n) is 0.453. The maximum absolute atomic E-state index is 5.36. The first-order chi connectivity index (χ1) is 5.13. The molecule has 0 amide bonds. The van der Waals surface area contributed by atoms with E-state index >= 15 is 0 Å². The van der Waals surface area contributed by atoms with Crippen molar-refractivity contribution in [2.75, 3.05) is 26.9 Å². The van der Waals surface area contributed by atoms with Gasteiger partial charge >= 0.3 is 0 Å². The van der Waals surface area contributed by atoms with E-state index in [0.29, 0.717) is 0 Å². The van der Waals surface area contributed by atoms with Crippen molar-refractivity contribution in [3.05, 3.63) is 30.3 Å². The van der Waals surface area contributed by atoms with Crippen LogP contribution in [-0.4, -0.2) is 26.0 Å². The van der Waals surface area contributed by atoms with E-state index in [0.717, 1.165) is 5.69 Å². The zero-order valence-electron chi connectivity index (χ0n) is 7.82. The number of nitrogen functional groups attached to an aromatic ring is 1. The number of rotatable bonds is 0. The van der Waals surface area contributed by atoms with Crippen LogP contribution in [0.2, 0.25) is 0 Å². The minimum Gasteiger partial charge on any atom is -0.399 e. The van der Waals surface area contributed by atoms with E-state index in [4.69, 9.17) is 5.73 Å². The Kier molecular flexibility index (Phi) is 10.5. The fraction of sp³-hybridized carbons (Fsp3) is 0.333. The number of hydrogen-bond acceptors (Lipinski definition) is 2. The average Bonchev–Trinajstić information content (AvgIpc) is 1.87. The van der Waals surface area contributed by atoms with E-state index in [1.54, 1.807) is 0 Å². The Hall–Kier alpha value is -0.290. The second-order valence-corrected chi connectivity index (χ2v) is 2.75. The molecule has 0 unspecified atom stereocenters. The summed E-state index contributed by atoms with van der Waals surface area (Å²) in [6.45, 7) is 0. The first-order valence-electron chi connectivity index (χ1n) is 3.54. The molecule has 0 aliphatic rings. The van der Waals surface area contributed by atoms with Gasteiger partial charge in [0, 0.05) is 5.69 Å². The molecule has 1 rings (SSSR count). The van der Waals surface area contributed by atoms with Crippen LogP contribution >= 0.6 is 24.0 Å². The van der Waals surface area contributed by atoms with Crippen LogP contribution in [0.4, 0.5) is 5.69 Å². The van der Waals surface area contributed by atoms with Crippen molar-refractivity contribution in [1.82, 2.24) is 4.90 Å². The molecule has 0 bridgehead atoms. The summed E-state index contributed by atoms with van der Waals surface area (Å²) in [5.41, 5.74) is 6.18. The van der Waals surface area contributed by atoms with Crippen molar-refractivity contribution in [1.29, 1.82) is 0 Å². The lowest BCUT2D eigenvalue weighted by Gasteiger charge is -1.90. The van der Waals surface area contributed by atoms with Crippen LogP contribution in [0, 0.1) is 0 Å². The Balaban J connectivity index is 0. The van der Waals surface area contributed by atoms with E-state index in [9.17, 15) is 0 Å². The van der Waals surface area contributed by atoms with Gasteiger partial charge in [0.05, 0.1) is 0 Å². The molecule has 0 radical (unpaired) electrons. The summed E-state index contributed by atoms with van der Waals surface area (Å²) in [6.07, 6.45) is 0. The predicted molar refractivity (Wildman–Crippen MR) is 65.9 cm³/mol. The van der Waals surface area contributed by atoms with Gasteiger partial charge < -0.3 is 10.6 Å². The molecule has 70 valence electrons. The van der Waals surface area contributed by atoms with Gasteiger partial charge in [0.25, 0.3) is 0 Å². The van der Waals surface area contributed by atoms with E-state index in [2.05, 4.69) is 0 Å². The number of nitrogens with zero attached hydrogens (tertiary/aromatic N) is 1. The molecule has 12 heavy (non-hydrogen) atoms. The van der Waals surface area contributed by atoms with Crippen LogP contribution in [-0.2, 0) is 0 Å². The van der Waals surface area contributed by atoms with Crippen molar-refractivity contribution in [3.8, 4) is 0 Å². The van der Waals surface area contributed by atoms with Crippen LogP contribution in [0.5, 0.6) is 0 Å². The standard InChI is InChI=1S/C6H7N.C3H9N.HI/c7-6-4-2-1-3-5-6;1-4(2)3;/h1-5H,7H2;1-3H3;1H. The third kappa shape index (κ3) is 12.4. The average molecular weight is 280 g/mol. The molecule has 3 heteroatoms. The molecule has 0 atom stereocenters. The van der Waals surface area contributed by atoms with Crippen molar-refractivity contribution in [2.45, 2.75) is 0 Å². The molecule has 0 saturated carbocycles. The number of hydrogen-bond donors (Lipinski definition) is 1. The molecule has 0 saturated heterocycles. The van der Waals surface area contributed by atoms with Crippen molar-refractivity contribution >= 4 is 29.7 Å². The van der Waals surface area contributed by atoms with E-state index in [1.807, 2.05) is 56.4 Å². The number of nitrogens with two attached hydrogens (primary N) is 1. The topological polar surface area (TPSA) is 29.3 Å². The van der Waals surface area contributed by atoms with Crippen LogP contribution in [0.15, 0.2) is 30.3 Å². The molecule has 0 fully saturated rings. The Morgan fingerprint density at radius 2 is 1.33 bits per heavy atom. The second-order valence-electron chi connectivity index (χ2n) is 2.75. The monoisotopic (exact) mass is 280 g/mol. The molecule has 2 N–H and O–H groups in total. The minimum atomic E-state index is 0. The van der Waals surface area contributed by atoms with E-state index < -0.39 is 0 Å². The lowest BCUT2D eigenvalue weighted by atomic mass is 10.3. The molecular formula is C9H17IN2. The molecular weight excluding hydrogens is 263 g/mol. The highest BCUT2D eigenvalue weighted by atomic mass is 127. The van der Waals surface area contributed by atoms with Crippen molar-refractivity contribution in [3.63, 3.8) is 0 Å². The smallest absolute Gasteiger partial charge is 0.0313 e. The zero-order chi connectivity index (χ0) is 8.69. The van der Waals surface area contributed by atoms with Crippen molar-refractivity contribution < 1.29 is 0 Å². The van der Waals surface area contributed by atoms with E-state index in [-0.39, 0.29) is 24.0 Å². The highest BCUT2D eigenvalue weighted by Gasteiger charge is 1.72.